The Bertz CT molecular complexity index is 563. The number of rotatable bonds is 4. The zero-order chi connectivity index (χ0) is 12.4. The lowest BCUT2D eigenvalue weighted by molar-refractivity contribution is 0.674. The van der Waals surface area contributed by atoms with Gasteiger partial charge in [-0.1, -0.05) is 13.8 Å². The van der Waals surface area contributed by atoms with E-state index in [1.165, 1.54) is 0 Å². The summed E-state index contributed by atoms with van der Waals surface area (Å²) in [4.78, 5) is 0. The molecule has 0 spiro atoms. The molecule has 5 nitrogen and oxygen atoms in total. The molecule has 2 heterocycles. The average Bonchev–Trinajstić information content (AvgIpc) is 2.84. The first-order valence-electron chi connectivity index (χ1n) is 5.85. The van der Waals surface area contributed by atoms with Crippen molar-refractivity contribution in [3.05, 3.63) is 16.7 Å². The number of nitrogens with zero attached hydrogens (tertiary/aromatic N) is 4. The van der Waals surface area contributed by atoms with E-state index in [1.54, 1.807) is 0 Å². The Morgan fingerprint density at radius 1 is 1.41 bits per heavy atom. The second-order valence-corrected chi connectivity index (χ2v) is 4.41. The minimum atomic E-state index is 0.674. The topological polar surface area (TPSA) is 51.4 Å². The van der Waals surface area contributed by atoms with Crippen molar-refractivity contribution in [1.29, 1.82) is 0 Å². The molecule has 0 aliphatic heterocycles. The largest absolute Gasteiger partial charge is 0.300 e. The van der Waals surface area contributed by atoms with Gasteiger partial charge in [0.2, 0.25) is 0 Å². The molecule has 0 saturated carbocycles. The first-order valence-corrected chi connectivity index (χ1v) is 6.26. The lowest BCUT2D eigenvalue weighted by Gasteiger charge is -2.03. The van der Waals surface area contributed by atoms with Gasteiger partial charge in [0.1, 0.15) is 0 Å². The van der Waals surface area contributed by atoms with Gasteiger partial charge in [-0.3, -0.25) is 9.78 Å². The Hall–Kier alpha value is -1.43. The van der Waals surface area contributed by atoms with Crippen molar-refractivity contribution >= 4 is 12.2 Å². The van der Waals surface area contributed by atoms with Crippen molar-refractivity contribution < 1.29 is 0 Å². The summed E-state index contributed by atoms with van der Waals surface area (Å²) in [5, 5.41) is 11.6. The molecule has 1 N–H and O–H groups in total. The summed E-state index contributed by atoms with van der Waals surface area (Å²) in [6, 6.07) is 0. The molecule has 0 aliphatic rings. The van der Waals surface area contributed by atoms with Crippen LogP contribution in [0.4, 0.5) is 0 Å². The standard InChI is InChI=1S/C11H17N5S/c1-4-6-16-10(12-13-11(16)17)8-7-15(3)14-9(8)5-2/h7H,4-6H2,1-3H3,(H,13,17). The van der Waals surface area contributed by atoms with Crippen LogP contribution in [-0.4, -0.2) is 24.5 Å². The van der Waals surface area contributed by atoms with E-state index in [9.17, 15) is 0 Å². The van der Waals surface area contributed by atoms with Crippen molar-refractivity contribution in [2.75, 3.05) is 0 Å². The van der Waals surface area contributed by atoms with Gasteiger partial charge in [0.25, 0.3) is 0 Å². The van der Waals surface area contributed by atoms with E-state index in [0.717, 1.165) is 36.5 Å². The maximum Gasteiger partial charge on any atom is 0.195 e. The highest BCUT2D eigenvalue weighted by molar-refractivity contribution is 7.71. The van der Waals surface area contributed by atoms with Crippen molar-refractivity contribution in [3.63, 3.8) is 0 Å². The highest BCUT2D eigenvalue weighted by Gasteiger charge is 2.14. The van der Waals surface area contributed by atoms with Gasteiger partial charge < -0.3 is 4.57 Å². The van der Waals surface area contributed by atoms with Crippen LogP contribution in [0.25, 0.3) is 11.4 Å². The normalized spacial score (nSPS) is 11.0. The molecular formula is C11H17N5S. The third-order valence-electron chi connectivity index (χ3n) is 2.69. The third kappa shape index (κ3) is 2.17. The van der Waals surface area contributed by atoms with Crippen molar-refractivity contribution in [2.24, 2.45) is 7.05 Å². The van der Waals surface area contributed by atoms with E-state index >= 15 is 0 Å². The molecule has 0 saturated heterocycles. The lowest BCUT2D eigenvalue weighted by atomic mass is 10.2. The molecule has 6 heteroatoms. The fourth-order valence-corrected chi connectivity index (χ4v) is 2.16. The SMILES string of the molecule is CCCn1c(-c2cn(C)nc2CC)n[nH]c1=S. The van der Waals surface area contributed by atoms with Crippen molar-refractivity contribution in [1.82, 2.24) is 24.5 Å². The molecule has 0 amide bonds. The van der Waals surface area contributed by atoms with Crippen molar-refractivity contribution in [2.45, 2.75) is 33.2 Å². The van der Waals surface area contributed by atoms with Gasteiger partial charge in [-0.05, 0) is 25.1 Å². The fraction of sp³-hybridized carbons (Fsp3) is 0.545. The Morgan fingerprint density at radius 2 is 2.18 bits per heavy atom. The number of aromatic nitrogens is 5. The first kappa shape index (κ1) is 12.0. The van der Waals surface area contributed by atoms with Crippen LogP contribution in [0.15, 0.2) is 6.20 Å². The Kier molecular flexibility index (Phi) is 3.42. The second kappa shape index (κ2) is 4.83. The molecule has 0 atom stereocenters. The fourth-order valence-electron chi connectivity index (χ4n) is 1.94. The molecule has 2 aromatic rings. The van der Waals surface area contributed by atoms with Crippen LogP contribution in [0.3, 0.4) is 0 Å². The summed E-state index contributed by atoms with van der Waals surface area (Å²) < 4.78 is 4.53. The van der Waals surface area contributed by atoms with Gasteiger partial charge in [-0.2, -0.15) is 10.2 Å². The van der Waals surface area contributed by atoms with E-state index in [0.29, 0.717) is 4.77 Å². The summed E-state index contributed by atoms with van der Waals surface area (Å²) in [5.74, 6) is 0.891. The van der Waals surface area contributed by atoms with Gasteiger partial charge >= 0.3 is 0 Å². The maximum absolute atomic E-state index is 5.24. The van der Waals surface area contributed by atoms with Crippen LogP contribution >= 0.6 is 12.2 Å². The average molecular weight is 251 g/mol. The molecule has 0 bridgehead atoms. The van der Waals surface area contributed by atoms with E-state index in [-0.39, 0.29) is 0 Å². The summed E-state index contributed by atoms with van der Waals surface area (Å²) >= 11 is 5.24. The molecule has 2 rings (SSSR count). The minimum absolute atomic E-state index is 0.674. The van der Waals surface area contributed by atoms with Gasteiger partial charge in [-0.15, -0.1) is 0 Å². The molecule has 0 unspecified atom stereocenters. The quantitative estimate of drug-likeness (QED) is 0.848. The molecule has 2 aromatic heterocycles. The van der Waals surface area contributed by atoms with Crippen LogP contribution in [0.5, 0.6) is 0 Å². The van der Waals surface area contributed by atoms with Crippen LogP contribution in [-0.2, 0) is 20.0 Å². The number of hydrogen-bond donors (Lipinski definition) is 1. The van der Waals surface area contributed by atoms with Crippen LogP contribution in [0.1, 0.15) is 26.0 Å². The van der Waals surface area contributed by atoms with Crippen LogP contribution < -0.4 is 0 Å². The predicted molar refractivity (Wildman–Crippen MR) is 69.3 cm³/mol. The number of aromatic amines is 1. The molecule has 0 aliphatic carbocycles. The number of nitrogens with one attached hydrogen (secondary N) is 1. The minimum Gasteiger partial charge on any atom is -0.300 e. The van der Waals surface area contributed by atoms with Crippen LogP contribution in [0, 0.1) is 4.77 Å². The molecule has 0 aromatic carbocycles. The summed E-state index contributed by atoms with van der Waals surface area (Å²) in [5.41, 5.74) is 2.12. The van der Waals surface area contributed by atoms with E-state index in [1.807, 2.05) is 22.5 Å². The molecule has 0 fully saturated rings. The van der Waals surface area contributed by atoms with Gasteiger partial charge in [0, 0.05) is 19.8 Å². The smallest absolute Gasteiger partial charge is 0.195 e. The Labute approximate surface area is 105 Å². The molecule has 17 heavy (non-hydrogen) atoms. The zero-order valence-corrected chi connectivity index (χ0v) is 11.2. The van der Waals surface area contributed by atoms with Gasteiger partial charge in [0.05, 0.1) is 11.3 Å². The molecular weight excluding hydrogens is 234 g/mol. The highest BCUT2D eigenvalue weighted by atomic mass is 32.1. The summed E-state index contributed by atoms with van der Waals surface area (Å²) in [6.07, 6.45) is 3.92. The lowest BCUT2D eigenvalue weighted by Crippen LogP contribution is -2.00. The zero-order valence-electron chi connectivity index (χ0n) is 10.4. The van der Waals surface area contributed by atoms with Gasteiger partial charge in [0.15, 0.2) is 10.6 Å². The molecule has 0 radical (unpaired) electrons. The first-order chi connectivity index (χ1) is 8.17. The molecule has 92 valence electrons. The highest BCUT2D eigenvalue weighted by Crippen LogP contribution is 2.21. The monoisotopic (exact) mass is 251 g/mol. The number of aryl methyl sites for hydroxylation is 2. The summed E-state index contributed by atoms with van der Waals surface area (Å²) in [6.45, 7) is 5.10. The third-order valence-corrected chi connectivity index (χ3v) is 3.00. The van der Waals surface area contributed by atoms with E-state index in [4.69, 9.17) is 12.2 Å². The second-order valence-electron chi connectivity index (χ2n) is 4.02. The predicted octanol–water partition coefficient (Wildman–Crippen LogP) is 2.31. The Balaban J connectivity index is 2.55. The Morgan fingerprint density at radius 3 is 2.82 bits per heavy atom. The number of H-pyrrole nitrogens is 1. The van der Waals surface area contributed by atoms with E-state index < -0.39 is 0 Å². The van der Waals surface area contributed by atoms with E-state index in [2.05, 4.69) is 29.1 Å². The van der Waals surface area contributed by atoms with Crippen LogP contribution in [0.2, 0.25) is 0 Å². The summed E-state index contributed by atoms with van der Waals surface area (Å²) in [7, 11) is 1.92. The number of hydrogen-bond acceptors (Lipinski definition) is 3. The van der Waals surface area contributed by atoms with Crippen molar-refractivity contribution in [3.8, 4) is 11.4 Å². The van der Waals surface area contributed by atoms with Gasteiger partial charge in [-0.25, -0.2) is 0 Å². The maximum atomic E-state index is 5.24.